The number of carbonyl (C=O) groups is 2. The van der Waals surface area contributed by atoms with Crippen molar-refractivity contribution in [3.05, 3.63) is 24.3 Å². The van der Waals surface area contributed by atoms with E-state index in [1.54, 1.807) is 12.2 Å². The molecule has 0 aromatic rings. The first-order valence-corrected chi connectivity index (χ1v) is 7.89. The number of hydrogen-bond donors (Lipinski definition) is 3. The van der Waals surface area contributed by atoms with Crippen LogP contribution >= 0.6 is 0 Å². The highest BCUT2D eigenvalue weighted by Crippen LogP contribution is 2.09. The minimum atomic E-state index is -1.29. The number of carboxylic acid groups (broad SMARTS) is 1. The Kier molecular flexibility index (Phi) is 11.1. The molecule has 0 aromatic heterocycles. The Morgan fingerprint density at radius 3 is 2.32 bits per heavy atom. The quantitative estimate of drug-likeness (QED) is 0.311. The summed E-state index contributed by atoms with van der Waals surface area (Å²) in [6.45, 7) is 5.77. The number of aliphatic carboxylic acids is 1. The zero-order valence-electron chi connectivity index (χ0n) is 13.8. The van der Waals surface area contributed by atoms with Gasteiger partial charge in [-0.25, -0.2) is 4.79 Å². The summed E-state index contributed by atoms with van der Waals surface area (Å²) in [7, 11) is 0. The number of allylic oxidation sites excluding steroid dienone is 3. The molecule has 0 aliphatic heterocycles. The third-order valence-electron chi connectivity index (χ3n) is 3.19. The summed E-state index contributed by atoms with van der Waals surface area (Å²) >= 11 is 0. The normalized spacial score (nSPS) is 14.6. The molecule has 3 N–H and O–H groups in total. The third kappa shape index (κ3) is 11.1. The van der Waals surface area contributed by atoms with E-state index >= 15 is 0 Å². The SMILES string of the molecule is CC(C)CCCCC/C=C/C=C/C(=O)N[C@H](C(=O)O)[C@@H](C)O. The molecule has 126 valence electrons. The lowest BCUT2D eigenvalue weighted by atomic mass is 10.0. The Bertz CT molecular complexity index is 386. The van der Waals surface area contributed by atoms with Crippen LogP contribution in [0.15, 0.2) is 24.3 Å². The summed E-state index contributed by atoms with van der Waals surface area (Å²) in [5.41, 5.74) is 0. The number of nitrogens with one attached hydrogen (secondary N) is 1. The van der Waals surface area contributed by atoms with Crippen LogP contribution in [0.4, 0.5) is 0 Å². The van der Waals surface area contributed by atoms with Crippen molar-refractivity contribution in [2.75, 3.05) is 0 Å². The molecule has 0 aromatic carbocycles. The Morgan fingerprint density at radius 2 is 1.77 bits per heavy atom. The van der Waals surface area contributed by atoms with Crippen molar-refractivity contribution in [3.8, 4) is 0 Å². The van der Waals surface area contributed by atoms with E-state index in [2.05, 4.69) is 19.2 Å². The summed E-state index contributed by atoms with van der Waals surface area (Å²) in [4.78, 5) is 22.3. The molecule has 22 heavy (non-hydrogen) atoms. The number of rotatable bonds is 11. The number of carboxylic acids is 1. The van der Waals surface area contributed by atoms with Crippen molar-refractivity contribution in [2.45, 2.75) is 65.0 Å². The van der Waals surface area contributed by atoms with Gasteiger partial charge in [-0.1, -0.05) is 51.3 Å². The lowest BCUT2D eigenvalue weighted by molar-refractivity contribution is -0.144. The monoisotopic (exact) mass is 311 g/mol. The molecule has 0 unspecified atom stereocenters. The standard InChI is InChI=1S/C17H29NO4/c1-13(2)11-9-7-5-4-6-8-10-12-15(20)18-16(14(3)19)17(21)22/h6,8,10,12-14,16,19H,4-5,7,9,11H2,1-3H3,(H,18,20)(H,21,22)/b8-6+,12-10+/t14-,16+/m1/s1. The molecule has 5 heteroatoms. The highest BCUT2D eigenvalue weighted by atomic mass is 16.4. The van der Waals surface area contributed by atoms with Gasteiger partial charge in [0.25, 0.3) is 0 Å². The molecule has 2 atom stereocenters. The smallest absolute Gasteiger partial charge is 0.328 e. The first-order chi connectivity index (χ1) is 10.3. The van der Waals surface area contributed by atoms with Crippen molar-refractivity contribution < 1.29 is 19.8 Å². The fraction of sp³-hybridized carbons (Fsp3) is 0.647. The van der Waals surface area contributed by atoms with Crippen LogP contribution in [0.2, 0.25) is 0 Å². The van der Waals surface area contributed by atoms with Crippen LogP contribution in [0.1, 0.15) is 52.9 Å². The molecule has 0 aliphatic rings. The van der Waals surface area contributed by atoms with Gasteiger partial charge in [0.1, 0.15) is 0 Å². The van der Waals surface area contributed by atoms with Gasteiger partial charge in [-0.15, -0.1) is 0 Å². The zero-order chi connectivity index (χ0) is 17.0. The number of unbranched alkanes of at least 4 members (excludes halogenated alkanes) is 3. The predicted octanol–water partition coefficient (Wildman–Crippen LogP) is 2.66. The molecule has 0 radical (unpaired) electrons. The van der Waals surface area contributed by atoms with E-state index in [4.69, 9.17) is 5.11 Å². The van der Waals surface area contributed by atoms with Crippen LogP contribution in [0.3, 0.4) is 0 Å². The summed E-state index contributed by atoms with van der Waals surface area (Å²) < 4.78 is 0. The minimum Gasteiger partial charge on any atom is -0.480 e. The molecule has 0 rings (SSSR count). The molecular formula is C17H29NO4. The lowest BCUT2D eigenvalue weighted by Crippen LogP contribution is -2.47. The Balaban J connectivity index is 3.89. The largest absolute Gasteiger partial charge is 0.480 e. The first kappa shape index (κ1) is 20.4. The van der Waals surface area contributed by atoms with Crippen molar-refractivity contribution in [1.29, 1.82) is 0 Å². The first-order valence-electron chi connectivity index (χ1n) is 7.89. The summed E-state index contributed by atoms with van der Waals surface area (Å²) in [6.07, 6.45) is 11.3. The number of hydrogen-bond acceptors (Lipinski definition) is 3. The third-order valence-corrected chi connectivity index (χ3v) is 3.19. The van der Waals surface area contributed by atoms with Crippen LogP contribution in [-0.2, 0) is 9.59 Å². The second kappa shape index (κ2) is 12.0. The van der Waals surface area contributed by atoms with Crippen LogP contribution in [0, 0.1) is 5.92 Å². The summed E-state index contributed by atoms with van der Waals surface area (Å²) in [5.74, 6) is -1.03. The molecular weight excluding hydrogens is 282 g/mol. The van der Waals surface area contributed by atoms with Gasteiger partial charge in [-0.2, -0.15) is 0 Å². The molecule has 0 saturated heterocycles. The predicted molar refractivity (Wildman–Crippen MR) is 87.5 cm³/mol. The van der Waals surface area contributed by atoms with Crippen molar-refractivity contribution in [1.82, 2.24) is 5.32 Å². The molecule has 5 nitrogen and oxygen atoms in total. The van der Waals surface area contributed by atoms with Crippen molar-refractivity contribution >= 4 is 11.9 Å². The maximum absolute atomic E-state index is 11.5. The van der Waals surface area contributed by atoms with Gasteiger partial charge in [0.05, 0.1) is 6.10 Å². The van der Waals surface area contributed by atoms with E-state index in [-0.39, 0.29) is 0 Å². The maximum atomic E-state index is 11.5. The van der Waals surface area contributed by atoms with E-state index < -0.39 is 24.0 Å². The average Bonchev–Trinajstić information content (AvgIpc) is 2.41. The highest BCUT2D eigenvalue weighted by molar-refractivity contribution is 5.91. The van der Waals surface area contributed by atoms with Gasteiger partial charge >= 0.3 is 5.97 Å². The molecule has 0 aliphatic carbocycles. The number of carbonyl (C=O) groups excluding carboxylic acids is 1. The van der Waals surface area contributed by atoms with Gasteiger partial charge in [0.15, 0.2) is 6.04 Å². The Morgan fingerprint density at radius 1 is 1.09 bits per heavy atom. The molecule has 0 heterocycles. The van der Waals surface area contributed by atoms with E-state index in [1.165, 1.54) is 32.3 Å². The fourth-order valence-electron chi connectivity index (χ4n) is 1.90. The minimum absolute atomic E-state index is 0.533. The van der Waals surface area contributed by atoms with E-state index in [1.807, 2.05) is 6.08 Å². The van der Waals surface area contributed by atoms with Crippen LogP contribution < -0.4 is 5.32 Å². The zero-order valence-corrected chi connectivity index (χ0v) is 13.8. The second-order valence-electron chi connectivity index (χ2n) is 5.88. The summed E-state index contributed by atoms with van der Waals surface area (Å²) in [6, 6.07) is -1.29. The van der Waals surface area contributed by atoms with Crippen LogP contribution in [-0.4, -0.2) is 34.2 Å². The Labute approximate surface area is 133 Å². The van der Waals surface area contributed by atoms with Crippen LogP contribution in [0.25, 0.3) is 0 Å². The highest BCUT2D eigenvalue weighted by Gasteiger charge is 2.23. The summed E-state index contributed by atoms with van der Waals surface area (Å²) in [5, 5.41) is 20.3. The molecule has 1 amide bonds. The van der Waals surface area contributed by atoms with E-state index in [0.29, 0.717) is 0 Å². The van der Waals surface area contributed by atoms with Gasteiger partial charge in [0.2, 0.25) is 5.91 Å². The number of aliphatic hydroxyl groups is 1. The van der Waals surface area contributed by atoms with Crippen molar-refractivity contribution in [2.24, 2.45) is 5.92 Å². The van der Waals surface area contributed by atoms with Crippen LogP contribution in [0.5, 0.6) is 0 Å². The number of aliphatic hydroxyl groups excluding tert-OH is 1. The lowest BCUT2D eigenvalue weighted by Gasteiger charge is -2.15. The van der Waals surface area contributed by atoms with Gasteiger partial charge in [-0.05, 0) is 25.7 Å². The number of amides is 1. The molecule has 0 saturated carbocycles. The fourth-order valence-corrected chi connectivity index (χ4v) is 1.90. The van der Waals surface area contributed by atoms with Gasteiger partial charge < -0.3 is 15.5 Å². The molecule has 0 fully saturated rings. The van der Waals surface area contributed by atoms with E-state index in [0.717, 1.165) is 18.8 Å². The van der Waals surface area contributed by atoms with Gasteiger partial charge in [-0.3, -0.25) is 4.79 Å². The molecule has 0 spiro atoms. The Hall–Kier alpha value is -1.62. The second-order valence-corrected chi connectivity index (χ2v) is 5.88. The van der Waals surface area contributed by atoms with E-state index in [9.17, 15) is 14.7 Å². The van der Waals surface area contributed by atoms with Gasteiger partial charge in [0, 0.05) is 6.08 Å². The maximum Gasteiger partial charge on any atom is 0.328 e. The topological polar surface area (TPSA) is 86.6 Å². The van der Waals surface area contributed by atoms with Crippen molar-refractivity contribution in [3.63, 3.8) is 0 Å². The molecule has 0 bridgehead atoms. The average molecular weight is 311 g/mol.